The van der Waals surface area contributed by atoms with Gasteiger partial charge in [-0.15, -0.1) is 0 Å². The molecule has 0 spiro atoms. The third-order valence-corrected chi connectivity index (χ3v) is 4.89. The molecule has 1 aromatic carbocycles. The lowest BCUT2D eigenvalue weighted by Crippen LogP contribution is -2.15. The number of Topliss-reactive ketones (excluding diaryl/α,β-unsaturated/α-hetero) is 3. The number of carbonyl (C=O) groups excluding carboxylic acids is 3. The second-order valence-corrected chi connectivity index (χ2v) is 6.58. The van der Waals surface area contributed by atoms with Crippen LogP contribution in [-0.2, 0) is 9.59 Å². The third kappa shape index (κ3) is 4.27. The van der Waals surface area contributed by atoms with E-state index in [1.807, 2.05) is 17.5 Å². The molecule has 108 valence electrons. The van der Waals surface area contributed by atoms with Gasteiger partial charge in [0.1, 0.15) is 0 Å². The molecule has 0 saturated heterocycles. The van der Waals surface area contributed by atoms with Gasteiger partial charge in [-0.25, -0.2) is 0 Å². The van der Waals surface area contributed by atoms with E-state index in [1.54, 1.807) is 17.5 Å². The summed E-state index contributed by atoms with van der Waals surface area (Å²) in [6.45, 7) is 1.17. The first-order valence-corrected chi connectivity index (χ1v) is 8.17. The highest BCUT2D eigenvalue weighted by molar-refractivity contribution is 7.99. The summed E-state index contributed by atoms with van der Waals surface area (Å²) in [6, 6.07) is 7.27. The van der Waals surface area contributed by atoms with Gasteiger partial charge in [-0.2, -0.15) is 11.3 Å². The first-order chi connectivity index (χ1) is 9.97. The monoisotopic (exact) mass is 338 g/mol. The lowest BCUT2D eigenvalue weighted by atomic mass is 10.1. The van der Waals surface area contributed by atoms with Crippen molar-refractivity contribution in [1.82, 2.24) is 0 Å². The Morgan fingerprint density at radius 2 is 1.81 bits per heavy atom. The van der Waals surface area contributed by atoms with Crippen molar-refractivity contribution in [2.75, 3.05) is 0 Å². The lowest BCUT2D eigenvalue weighted by molar-refractivity contribution is -0.134. The molecule has 0 radical (unpaired) electrons. The van der Waals surface area contributed by atoms with Crippen molar-refractivity contribution in [2.24, 2.45) is 0 Å². The first-order valence-electron chi connectivity index (χ1n) is 6.04. The van der Waals surface area contributed by atoms with Crippen LogP contribution >= 0.6 is 34.7 Å². The fraction of sp³-hybridized carbons (Fsp3) is 0.133. The van der Waals surface area contributed by atoms with Gasteiger partial charge in [0, 0.05) is 38.1 Å². The van der Waals surface area contributed by atoms with Crippen molar-refractivity contribution < 1.29 is 14.4 Å². The normalized spacial score (nSPS) is 10.4. The number of carbonyl (C=O) groups is 3. The smallest absolute Gasteiger partial charge is 0.205 e. The van der Waals surface area contributed by atoms with E-state index >= 15 is 0 Å². The van der Waals surface area contributed by atoms with E-state index in [2.05, 4.69) is 0 Å². The molecule has 1 heterocycles. The summed E-state index contributed by atoms with van der Waals surface area (Å²) < 4.78 is 0. The van der Waals surface area contributed by atoms with Crippen LogP contribution in [0, 0.1) is 0 Å². The van der Waals surface area contributed by atoms with Gasteiger partial charge < -0.3 is 0 Å². The standard InChI is InChI=1S/C15H11ClO3S2/c1-9(17)13(18)6-14(19)12-7-20-8-15(12)21-11-4-2-10(16)3-5-11/h2-5,7-8H,6H2,1H3. The van der Waals surface area contributed by atoms with Crippen LogP contribution in [0.15, 0.2) is 44.8 Å². The first kappa shape index (κ1) is 15.9. The van der Waals surface area contributed by atoms with Crippen LogP contribution < -0.4 is 0 Å². The maximum Gasteiger partial charge on any atom is 0.205 e. The predicted molar refractivity (Wildman–Crippen MR) is 84.5 cm³/mol. The summed E-state index contributed by atoms with van der Waals surface area (Å²) in [7, 11) is 0. The molecular weight excluding hydrogens is 328 g/mol. The molecule has 0 aliphatic carbocycles. The molecule has 3 nitrogen and oxygen atoms in total. The van der Waals surface area contributed by atoms with E-state index in [1.165, 1.54) is 30.0 Å². The Balaban J connectivity index is 2.14. The van der Waals surface area contributed by atoms with Gasteiger partial charge >= 0.3 is 0 Å². The van der Waals surface area contributed by atoms with Crippen molar-refractivity contribution in [1.29, 1.82) is 0 Å². The van der Waals surface area contributed by atoms with Crippen molar-refractivity contribution in [3.05, 3.63) is 45.6 Å². The molecule has 21 heavy (non-hydrogen) atoms. The van der Waals surface area contributed by atoms with Crippen molar-refractivity contribution in [3.63, 3.8) is 0 Å². The average Bonchev–Trinajstić information content (AvgIpc) is 2.89. The van der Waals surface area contributed by atoms with Gasteiger partial charge in [0.15, 0.2) is 11.6 Å². The van der Waals surface area contributed by atoms with E-state index in [0.717, 1.165) is 9.79 Å². The van der Waals surface area contributed by atoms with Crippen LogP contribution in [0.5, 0.6) is 0 Å². The van der Waals surface area contributed by atoms with Gasteiger partial charge in [-0.3, -0.25) is 14.4 Å². The quantitative estimate of drug-likeness (QED) is 0.448. The van der Waals surface area contributed by atoms with E-state index in [4.69, 9.17) is 11.6 Å². The van der Waals surface area contributed by atoms with E-state index in [9.17, 15) is 14.4 Å². The number of rotatable bonds is 6. The maximum absolute atomic E-state index is 12.1. The predicted octanol–water partition coefficient (Wildman–Crippen LogP) is 4.28. The Bertz CT molecular complexity index is 689. The van der Waals surface area contributed by atoms with Crippen LogP contribution in [0.25, 0.3) is 0 Å². The molecule has 0 amide bonds. The molecular formula is C15H11ClO3S2. The Labute approximate surface area is 135 Å². The summed E-state index contributed by atoms with van der Waals surface area (Å²) >= 11 is 8.65. The molecule has 0 atom stereocenters. The minimum Gasteiger partial charge on any atom is -0.294 e. The molecule has 0 unspecified atom stereocenters. The van der Waals surface area contributed by atoms with Crippen LogP contribution in [0.3, 0.4) is 0 Å². The molecule has 0 aliphatic heterocycles. The van der Waals surface area contributed by atoms with Crippen LogP contribution in [0.1, 0.15) is 23.7 Å². The van der Waals surface area contributed by atoms with Gasteiger partial charge in [-0.1, -0.05) is 23.4 Å². The molecule has 0 bridgehead atoms. The number of thiophene rings is 1. The highest BCUT2D eigenvalue weighted by Crippen LogP contribution is 2.34. The van der Waals surface area contributed by atoms with E-state index < -0.39 is 11.6 Å². The van der Waals surface area contributed by atoms with E-state index in [0.29, 0.717) is 10.6 Å². The second-order valence-electron chi connectivity index (χ2n) is 4.29. The third-order valence-electron chi connectivity index (χ3n) is 2.68. The average molecular weight is 339 g/mol. The molecule has 2 aromatic rings. The topological polar surface area (TPSA) is 51.2 Å². The van der Waals surface area contributed by atoms with Gasteiger partial charge in [0.2, 0.25) is 5.78 Å². The van der Waals surface area contributed by atoms with Crippen LogP contribution in [-0.4, -0.2) is 17.3 Å². The largest absolute Gasteiger partial charge is 0.294 e. The molecule has 0 N–H and O–H groups in total. The Hall–Kier alpha value is -1.43. The summed E-state index contributed by atoms with van der Waals surface area (Å²) in [5.41, 5.74) is 0.481. The zero-order valence-electron chi connectivity index (χ0n) is 11.1. The molecule has 2 rings (SSSR count). The Kier molecular flexibility index (Phi) is 5.33. The Morgan fingerprint density at radius 1 is 1.14 bits per heavy atom. The van der Waals surface area contributed by atoms with Gasteiger partial charge in [0.25, 0.3) is 0 Å². The van der Waals surface area contributed by atoms with Gasteiger partial charge in [-0.05, 0) is 24.3 Å². The number of ketones is 3. The summed E-state index contributed by atoms with van der Waals surface area (Å²) in [6.07, 6.45) is -0.375. The molecule has 0 saturated carbocycles. The zero-order valence-corrected chi connectivity index (χ0v) is 13.5. The molecule has 0 aliphatic rings. The Morgan fingerprint density at radius 3 is 2.43 bits per heavy atom. The lowest BCUT2D eigenvalue weighted by Gasteiger charge is -2.03. The number of hydrogen-bond acceptors (Lipinski definition) is 5. The SMILES string of the molecule is CC(=O)C(=O)CC(=O)c1cscc1Sc1ccc(Cl)cc1. The minimum absolute atomic E-state index is 0.326. The summed E-state index contributed by atoms with van der Waals surface area (Å²) in [5.74, 6) is -1.58. The highest BCUT2D eigenvalue weighted by atomic mass is 35.5. The van der Waals surface area contributed by atoms with Crippen molar-refractivity contribution in [2.45, 2.75) is 23.1 Å². The van der Waals surface area contributed by atoms with Crippen molar-refractivity contribution in [3.8, 4) is 0 Å². The second kappa shape index (κ2) is 7.02. The maximum atomic E-state index is 12.1. The minimum atomic E-state index is -0.659. The summed E-state index contributed by atoms with van der Waals surface area (Å²) in [5, 5.41) is 4.20. The van der Waals surface area contributed by atoms with Crippen molar-refractivity contribution >= 4 is 52.0 Å². The van der Waals surface area contributed by atoms with Gasteiger partial charge in [0.05, 0.1) is 6.42 Å². The molecule has 1 aromatic heterocycles. The van der Waals surface area contributed by atoms with Crippen LogP contribution in [0.2, 0.25) is 5.02 Å². The van der Waals surface area contributed by atoms with E-state index in [-0.39, 0.29) is 12.2 Å². The number of benzene rings is 1. The fourth-order valence-electron chi connectivity index (χ4n) is 1.56. The summed E-state index contributed by atoms with van der Waals surface area (Å²) in [4.78, 5) is 36.1. The fourth-order valence-corrected chi connectivity index (χ4v) is 3.64. The number of hydrogen-bond donors (Lipinski definition) is 0. The zero-order chi connectivity index (χ0) is 15.4. The molecule has 0 fully saturated rings. The molecule has 6 heteroatoms. The number of halogens is 1. The van der Waals surface area contributed by atoms with Crippen LogP contribution in [0.4, 0.5) is 0 Å². The highest BCUT2D eigenvalue weighted by Gasteiger charge is 2.19.